The van der Waals surface area contributed by atoms with E-state index < -0.39 is 0 Å². The van der Waals surface area contributed by atoms with Crippen LogP contribution in [0.4, 0.5) is 16.2 Å². The summed E-state index contributed by atoms with van der Waals surface area (Å²) in [6.45, 7) is 1.13. The molecule has 4 aromatic rings. The molecule has 0 aliphatic carbocycles. The topological polar surface area (TPSA) is 62.7 Å². The van der Waals surface area contributed by atoms with Crippen LogP contribution in [0.15, 0.2) is 85.2 Å². The van der Waals surface area contributed by atoms with Crippen LogP contribution in [-0.4, -0.2) is 15.0 Å². The zero-order valence-electron chi connectivity index (χ0n) is 15.7. The molecule has 0 fully saturated rings. The molecular weight excluding hydrogens is 365 g/mol. The number of nitrogens with one attached hydrogen (secondary N) is 2. The highest BCUT2D eigenvalue weighted by Gasteiger charge is 2.07. The largest absolute Gasteiger partial charge is 0.366 e. The van der Waals surface area contributed by atoms with Gasteiger partial charge in [-0.1, -0.05) is 42.5 Å². The van der Waals surface area contributed by atoms with Crippen LogP contribution in [0.3, 0.4) is 0 Å². The van der Waals surface area contributed by atoms with E-state index in [1.807, 2.05) is 48.5 Å². The van der Waals surface area contributed by atoms with E-state index >= 15 is 0 Å². The molecule has 0 radical (unpaired) electrons. The summed E-state index contributed by atoms with van der Waals surface area (Å²) >= 11 is 0. The van der Waals surface area contributed by atoms with Gasteiger partial charge in [-0.2, -0.15) is 4.98 Å². The average Bonchev–Trinajstić information content (AvgIpc) is 2.78. The molecule has 4 rings (SSSR count). The first-order valence-electron chi connectivity index (χ1n) is 9.32. The van der Waals surface area contributed by atoms with Crippen molar-refractivity contribution in [3.05, 3.63) is 102 Å². The summed E-state index contributed by atoms with van der Waals surface area (Å²) in [6, 6.07) is 22.2. The van der Waals surface area contributed by atoms with Crippen LogP contribution < -0.4 is 10.6 Å². The second-order valence-corrected chi connectivity index (χ2v) is 6.52. The maximum atomic E-state index is 13.1. The Morgan fingerprint density at radius 1 is 0.724 bits per heavy atom. The van der Waals surface area contributed by atoms with Crippen LogP contribution in [0.1, 0.15) is 11.1 Å². The smallest absolute Gasteiger partial charge is 0.225 e. The van der Waals surface area contributed by atoms with E-state index in [0.717, 1.165) is 28.2 Å². The molecule has 0 atom stereocenters. The molecule has 144 valence electrons. The van der Waals surface area contributed by atoms with Crippen LogP contribution in [0, 0.1) is 5.82 Å². The molecule has 0 aliphatic rings. The van der Waals surface area contributed by atoms with Gasteiger partial charge in [-0.15, -0.1) is 0 Å². The molecule has 2 heterocycles. The van der Waals surface area contributed by atoms with E-state index in [1.165, 1.54) is 12.1 Å². The van der Waals surface area contributed by atoms with Crippen molar-refractivity contribution in [3.8, 4) is 11.3 Å². The summed E-state index contributed by atoms with van der Waals surface area (Å²) in [4.78, 5) is 13.3. The number of nitrogens with zero attached hydrogens (tertiary/aromatic N) is 3. The SMILES string of the molecule is Fc1ccc(CNc2nc(NCc3ccncc3)cc(-c3ccccc3)n2)cc1. The maximum Gasteiger partial charge on any atom is 0.225 e. The molecule has 2 aromatic heterocycles. The highest BCUT2D eigenvalue weighted by molar-refractivity contribution is 5.64. The Bertz CT molecular complexity index is 1050. The fourth-order valence-corrected chi connectivity index (χ4v) is 2.85. The van der Waals surface area contributed by atoms with E-state index in [0.29, 0.717) is 19.0 Å². The number of halogens is 1. The monoisotopic (exact) mass is 385 g/mol. The van der Waals surface area contributed by atoms with Gasteiger partial charge in [0.2, 0.25) is 5.95 Å². The number of benzene rings is 2. The summed E-state index contributed by atoms with van der Waals surface area (Å²) in [5, 5.41) is 6.58. The molecular formula is C23H20FN5. The van der Waals surface area contributed by atoms with Crippen molar-refractivity contribution in [1.29, 1.82) is 0 Å². The predicted octanol–water partition coefficient (Wildman–Crippen LogP) is 4.90. The molecule has 5 nitrogen and oxygen atoms in total. The molecule has 6 heteroatoms. The number of rotatable bonds is 7. The number of hydrogen-bond donors (Lipinski definition) is 2. The molecule has 29 heavy (non-hydrogen) atoms. The van der Waals surface area contributed by atoms with Gasteiger partial charge in [0.15, 0.2) is 0 Å². The van der Waals surface area contributed by atoms with Crippen molar-refractivity contribution in [3.63, 3.8) is 0 Å². The Kier molecular flexibility index (Phi) is 5.71. The molecule has 0 saturated heterocycles. The lowest BCUT2D eigenvalue weighted by molar-refractivity contribution is 0.627. The van der Waals surface area contributed by atoms with Crippen molar-refractivity contribution in [2.75, 3.05) is 10.6 Å². The maximum absolute atomic E-state index is 13.1. The van der Waals surface area contributed by atoms with Crippen LogP contribution in [-0.2, 0) is 13.1 Å². The second kappa shape index (κ2) is 8.93. The fourth-order valence-electron chi connectivity index (χ4n) is 2.85. The van der Waals surface area contributed by atoms with Gasteiger partial charge in [-0.25, -0.2) is 9.37 Å². The summed E-state index contributed by atoms with van der Waals surface area (Å²) in [6.07, 6.45) is 3.53. The Balaban J connectivity index is 1.56. The zero-order valence-corrected chi connectivity index (χ0v) is 15.7. The summed E-state index contributed by atoms with van der Waals surface area (Å²) in [5.74, 6) is 0.976. The Morgan fingerprint density at radius 3 is 2.17 bits per heavy atom. The number of pyridine rings is 1. The van der Waals surface area contributed by atoms with Gasteiger partial charge in [0.1, 0.15) is 11.6 Å². The van der Waals surface area contributed by atoms with Gasteiger partial charge in [-0.05, 0) is 35.4 Å². The minimum Gasteiger partial charge on any atom is -0.366 e. The van der Waals surface area contributed by atoms with Crippen molar-refractivity contribution in [1.82, 2.24) is 15.0 Å². The summed E-state index contributed by atoms with van der Waals surface area (Å²) in [7, 11) is 0. The van der Waals surface area contributed by atoms with Gasteiger partial charge >= 0.3 is 0 Å². The average molecular weight is 385 g/mol. The first kappa shape index (κ1) is 18.6. The molecule has 0 spiro atoms. The van der Waals surface area contributed by atoms with Gasteiger partial charge in [-0.3, -0.25) is 4.98 Å². The first-order chi connectivity index (χ1) is 14.3. The highest BCUT2D eigenvalue weighted by atomic mass is 19.1. The molecule has 0 aliphatic heterocycles. The Hall–Kier alpha value is -3.80. The fraction of sp³-hybridized carbons (Fsp3) is 0.0870. The van der Waals surface area contributed by atoms with Crippen molar-refractivity contribution in [2.45, 2.75) is 13.1 Å². The third-order valence-corrected chi connectivity index (χ3v) is 4.38. The van der Waals surface area contributed by atoms with E-state index in [2.05, 4.69) is 25.6 Å². The van der Waals surface area contributed by atoms with Crippen molar-refractivity contribution in [2.24, 2.45) is 0 Å². The Labute approximate surface area is 168 Å². The van der Waals surface area contributed by atoms with Crippen LogP contribution in [0.25, 0.3) is 11.3 Å². The number of aromatic nitrogens is 3. The van der Waals surface area contributed by atoms with Crippen LogP contribution in [0.5, 0.6) is 0 Å². The van der Waals surface area contributed by atoms with Crippen LogP contribution in [0.2, 0.25) is 0 Å². The minimum atomic E-state index is -0.251. The zero-order chi connectivity index (χ0) is 19.9. The Morgan fingerprint density at radius 2 is 1.41 bits per heavy atom. The third-order valence-electron chi connectivity index (χ3n) is 4.38. The molecule has 0 saturated carbocycles. The van der Waals surface area contributed by atoms with Gasteiger partial charge < -0.3 is 10.6 Å². The van der Waals surface area contributed by atoms with Crippen LogP contribution >= 0.6 is 0 Å². The lowest BCUT2D eigenvalue weighted by atomic mass is 10.1. The third kappa shape index (κ3) is 5.13. The van der Waals surface area contributed by atoms with Gasteiger partial charge in [0.25, 0.3) is 0 Å². The quantitative estimate of drug-likeness (QED) is 0.474. The molecule has 2 aromatic carbocycles. The summed E-state index contributed by atoms with van der Waals surface area (Å²) < 4.78 is 13.1. The minimum absolute atomic E-state index is 0.251. The lowest BCUT2D eigenvalue weighted by Crippen LogP contribution is -2.08. The molecule has 0 amide bonds. The standard InChI is InChI=1S/C23H20FN5/c24-20-8-6-17(7-9-20)16-27-23-28-21(19-4-2-1-3-5-19)14-22(29-23)26-15-18-10-12-25-13-11-18/h1-14H,15-16H2,(H2,26,27,28,29). The second-order valence-electron chi connectivity index (χ2n) is 6.52. The predicted molar refractivity (Wildman–Crippen MR) is 113 cm³/mol. The molecule has 0 unspecified atom stereocenters. The number of hydrogen-bond acceptors (Lipinski definition) is 5. The van der Waals surface area contributed by atoms with Crippen molar-refractivity contribution < 1.29 is 4.39 Å². The van der Waals surface area contributed by atoms with E-state index in [9.17, 15) is 4.39 Å². The summed E-state index contributed by atoms with van der Waals surface area (Å²) in [5.41, 5.74) is 3.89. The molecule has 0 bridgehead atoms. The lowest BCUT2D eigenvalue weighted by Gasteiger charge is -2.12. The number of anilines is 2. The van der Waals surface area contributed by atoms with Crippen molar-refractivity contribution >= 4 is 11.8 Å². The van der Waals surface area contributed by atoms with Gasteiger partial charge in [0.05, 0.1) is 5.69 Å². The van der Waals surface area contributed by atoms with E-state index in [4.69, 9.17) is 0 Å². The van der Waals surface area contributed by atoms with E-state index in [-0.39, 0.29) is 5.82 Å². The van der Waals surface area contributed by atoms with Gasteiger partial charge in [0, 0.05) is 37.1 Å². The molecule has 2 N–H and O–H groups in total. The van der Waals surface area contributed by atoms with E-state index in [1.54, 1.807) is 24.5 Å². The normalized spacial score (nSPS) is 10.5. The first-order valence-corrected chi connectivity index (χ1v) is 9.32. The highest BCUT2D eigenvalue weighted by Crippen LogP contribution is 2.22.